The van der Waals surface area contributed by atoms with E-state index in [0.29, 0.717) is 12.2 Å². The molecule has 82 valence electrons. The number of aryl methyl sites for hydroxylation is 1. The van der Waals surface area contributed by atoms with Crippen molar-refractivity contribution >= 4 is 17.6 Å². The van der Waals surface area contributed by atoms with Gasteiger partial charge in [0.1, 0.15) is 16.5 Å². The van der Waals surface area contributed by atoms with Gasteiger partial charge in [0, 0.05) is 12.6 Å². The average Bonchev–Trinajstić information content (AvgIpc) is 2.16. The maximum absolute atomic E-state index is 11.5. The van der Waals surface area contributed by atoms with Crippen LogP contribution >= 0.6 is 11.6 Å². The number of carbonyl (C=O) groups excluding carboxylic acids is 1. The molecule has 0 atom stereocenters. The molecule has 0 saturated carbocycles. The summed E-state index contributed by atoms with van der Waals surface area (Å²) in [5, 5.41) is 0.146. The van der Waals surface area contributed by atoms with E-state index < -0.39 is 5.97 Å². The van der Waals surface area contributed by atoms with Crippen molar-refractivity contribution in [2.75, 3.05) is 0 Å². The molecule has 0 N–H and O–H groups in total. The summed E-state index contributed by atoms with van der Waals surface area (Å²) < 4.78 is 4.99. The quantitative estimate of drug-likeness (QED) is 0.588. The summed E-state index contributed by atoms with van der Waals surface area (Å²) in [7, 11) is 0. The van der Waals surface area contributed by atoms with Crippen molar-refractivity contribution in [3.05, 3.63) is 22.7 Å². The van der Waals surface area contributed by atoms with Gasteiger partial charge in [0.2, 0.25) is 0 Å². The van der Waals surface area contributed by atoms with E-state index in [9.17, 15) is 4.79 Å². The second-order valence-corrected chi connectivity index (χ2v) is 3.66. The molecule has 0 bridgehead atoms. The van der Waals surface area contributed by atoms with Gasteiger partial charge in [-0.15, -0.1) is 0 Å². The van der Waals surface area contributed by atoms with E-state index in [0.717, 1.165) is 0 Å². The zero-order chi connectivity index (χ0) is 11.4. The first-order valence-corrected chi connectivity index (χ1v) is 5.14. The van der Waals surface area contributed by atoms with E-state index in [2.05, 4.69) is 9.97 Å². The highest BCUT2D eigenvalue weighted by Crippen LogP contribution is 2.14. The Bertz CT molecular complexity index is 366. The maximum Gasteiger partial charge on any atom is 0.343 e. The summed E-state index contributed by atoms with van der Waals surface area (Å²) in [5.74, 6) is 0.124. The number of halogens is 1. The van der Waals surface area contributed by atoms with E-state index in [1.54, 1.807) is 13.8 Å². The van der Waals surface area contributed by atoms with Crippen LogP contribution in [0.2, 0.25) is 5.15 Å². The highest BCUT2D eigenvalue weighted by Gasteiger charge is 2.15. The number of nitrogens with zero attached hydrogens (tertiary/aromatic N) is 2. The summed E-state index contributed by atoms with van der Waals surface area (Å²) in [6, 6.07) is 0. The zero-order valence-electron chi connectivity index (χ0n) is 8.95. The van der Waals surface area contributed by atoms with Gasteiger partial charge in [0.15, 0.2) is 0 Å². The monoisotopic (exact) mass is 228 g/mol. The van der Waals surface area contributed by atoms with Crippen LogP contribution in [0.25, 0.3) is 0 Å². The highest BCUT2D eigenvalue weighted by atomic mass is 35.5. The summed E-state index contributed by atoms with van der Waals surface area (Å²) in [6.07, 6.45) is 1.90. The van der Waals surface area contributed by atoms with Crippen LogP contribution in [-0.4, -0.2) is 22.0 Å². The molecule has 1 rings (SSSR count). The summed E-state index contributed by atoms with van der Waals surface area (Å²) in [4.78, 5) is 19.5. The molecule has 0 spiro atoms. The van der Waals surface area contributed by atoms with Gasteiger partial charge in [-0.3, -0.25) is 0 Å². The number of hydrogen-bond donors (Lipinski definition) is 0. The number of ether oxygens (including phenoxy) is 1. The minimum absolute atomic E-state index is 0.146. The Hall–Kier alpha value is -1.16. The standard InChI is InChI=1S/C10H13ClN2O2/c1-4-8-12-5-7(9(11)13-8)10(14)15-6(2)3/h5-6H,4H2,1-3H3. The molecule has 5 heteroatoms. The van der Waals surface area contributed by atoms with Crippen molar-refractivity contribution in [2.24, 2.45) is 0 Å². The van der Waals surface area contributed by atoms with E-state index in [-0.39, 0.29) is 16.8 Å². The molecule has 0 unspecified atom stereocenters. The highest BCUT2D eigenvalue weighted by molar-refractivity contribution is 6.32. The molecule has 0 aliphatic carbocycles. The lowest BCUT2D eigenvalue weighted by Gasteiger charge is -2.08. The molecular weight excluding hydrogens is 216 g/mol. The minimum atomic E-state index is -0.488. The van der Waals surface area contributed by atoms with Crippen LogP contribution in [0.3, 0.4) is 0 Å². The van der Waals surface area contributed by atoms with Gasteiger partial charge in [-0.1, -0.05) is 18.5 Å². The van der Waals surface area contributed by atoms with Gasteiger partial charge in [-0.05, 0) is 13.8 Å². The second kappa shape index (κ2) is 5.07. The SMILES string of the molecule is CCc1ncc(C(=O)OC(C)C)c(Cl)n1. The van der Waals surface area contributed by atoms with Crippen LogP contribution in [0.4, 0.5) is 0 Å². The van der Waals surface area contributed by atoms with Crippen molar-refractivity contribution < 1.29 is 9.53 Å². The first-order valence-electron chi connectivity index (χ1n) is 4.77. The van der Waals surface area contributed by atoms with Gasteiger partial charge in [-0.25, -0.2) is 14.8 Å². The molecule has 1 heterocycles. The van der Waals surface area contributed by atoms with E-state index in [1.807, 2.05) is 6.92 Å². The van der Waals surface area contributed by atoms with Gasteiger partial charge < -0.3 is 4.74 Å². The summed E-state index contributed by atoms with van der Waals surface area (Å²) >= 11 is 5.83. The fourth-order valence-electron chi connectivity index (χ4n) is 0.980. The maximum atomic E-state index is 11.5. The summed E-state index contributed by atoms with van der Waals surface area (Å²) in [5.41, 5.74) is 0.211. The Morgan fingerprint density at radius 1 is 1.60 bits per heavy atom. The van der Waals surface area contributed by atoms with Crippen LogP contribution < -0.4 is 0 Å². The van der Waals surface area contributed by atoms with Crippen molar-refractivity contribution in [2.45, 2.75) is 33.3 Å². The predicted octanol–water partition coefficient (Wildman–Crippen LogP) is 2.26. The fraction of sp³-hybridized carbons (Fsp3) is 0.500. The number of carbonyl (C=O) groups is 1. The predicted molar refractivity (Wildman–Crippen MR) is 57.0 cm³/mol. The number of esters is 1. The molecule has 0 aliphatic rings. The van der Waals surface area contributed by atoms with E-state index in [4.69, 9.17) is 16.3 Å². The Morgan fingerprint density at radius 3 is 2.73 bits per heavy atom. The first-order chi connectivity index (χ1) is 7.04. The van der Waals surface area contributed by atoms with Crippen molar-refractivity contribution in [1.82, 2.24) is 9.97 Å². The van der Waals surface area contributed by atoms with Crippen molar-refractivity contribution in [1.29, 1.82) is 0 Å². The van der Waals surface area contributed by atoms with Crippen molar-refractivity contribution in [3.8, 4) is 0 Å². The number of rotatable bonds is 3. The molecule has 15 heavy (non-hydrogen) atoms. The molecule has 0 amide bonds. The molecule has 0 fully saturated rings. The van der Waals surface area contributed by atoms with E-state index in [1.165, 1.54) is 6.20 Å². The lowest BCUT2D eigenvalue weighted by atomic mass is 10.3. The Labute approximate surface area is 93.6 Å². The number of hydrogen-bond acceptors (Lipinski definition) is 4. The molecule has 0 radical (unpaired) electrons. The van der Waals surface area contributed by atoms with Crippen LogP contribution in [0.15, 0.2) is 6.20 Å². The van der Waals surface area contributed by atoms with E-state index >= 15 is 0 Å². The van der Waals surface area contributed by atoms with Gasteiger partial charge in [0.05, 0.1) is 6.10 Å². The molecule has 0 aliphatic heterocycles. The molecular formula is C10H13ClN2O2. The third kappa shape index (κ3) is 3.16. The normalized spacial score (nSPS) is 10.5. The topological polar surface area (TPSA) is 52.1 Å². The fourth-order valence-corrected chi connectivity index (χ4v) is 1.20. The number of aromatic nitrogens is 2. The molecule has 0 saturated heterocycles. The average molecular weight is 229 g/mol. The lowest BCUT2D eigenvalue weighted by molar-refractivity contribution is 0.0377. The van der Waals surface area contributed by atoms with Gasteiger partial charge >= 0.3 is 5.97 Å². The van der Waals surface area contributed by atoms with Gasteiger partial charge in [-0.2, -0.15) is 0 Å². The van der Waals surface area contributed by atoms with Crippen LogP contribution in [0, 0.1) is 0 Å². The molecule has 1 aromatic rings. The molecule has 4 nitrogen and oxygen atoms in total. The Morgan fingerprint density at radius 2 is 2.27 bits per heavy atom. The van der Waals surface area contributed by atoms with Crippen LogP contribution in [0.5, 0.6) is 0 Å². The second-order valence-electron chi connectivity index (χ2n) is 3.30. The smallest absolute Gasteiger partial charge is 0.343 e. The summed E-state index contributed by atoms with van der Waals surface area (Å²) in [6.45, 7) is 5.46. The minimum Gasteiger partial charge on any atom is -0.459 e. The largest absolute Gasteiger partial charge is 0.459 e. The van der Waals surface area contributed by atoms with Crippen molar-refractivity contribution in [3.63, 3.8) is 0 Å². The third-order valence-corrected chi connectivity index (χ3v) is 1.96. The van der Waals surface area contributed by atoms with Crippen LogP contribution in [-0.2, 0) is 11.2 Å². The lowest BCUT2D eigenvalue weighted by Crippen LogP contribution is -2.13. The Balaban J connectivity index is 2.90. The van der Waals surface area contributed by atoms with Gasteiger partial charge in [0.25, 0.3) is 0 Å². The first kappa shape index (κ1) is 11.9. The molecule has 0 aromatic carbocycles. The zero-order valence-corrected chi connectivity index (χ0v) is 9.71. The molecule has 1 aromatic heterocycles. The van der Waals surface area contributed by atoms with Crippen LogP contribution in [0.1, 0.15) is 37.0 Å². The third-order valence-electron chi connectivity index (χ3n) is 1.67. The Kier molecular flexibility index (Phi) is 4.03.